The summed E-state index contributed by atoms with van der Waals surface area (Å²) in [4.78, 5) is 21.2. The number of hydrogen-bond donors (Lipinski definition) is 0. The van der Waals surface area contributed by atoms with Crippen LogP contribution in [0, 0.1) is 0 Å². The van der Waals surface area contributed by atoms with E-state index < -0.39 is 0 Å². The molecule has 3 heterocycles. The fraction of sp³-hybridized carbons (Fsp3) is 0.524. The van der Waals surface area contributed by atoms with Gasteiger partial charge in [0.25, 0.3) is 0 Å². The SMILES string of the molecule is C[C@@H]1CCCN1C(=O)CN1CCC(Oc2cccc3ncccc23)CC1. The Kier molecular flexibility index (Phi) is 5.07. The Morgan fingerprint density at radius 1 is 1.15 bits per heavy atom. The van der Waals surface area contributed by atoms with E-state index in [-0.39, 0.29) is 12.0 Å². The van der Waals surface area contributed by atoms with Crippen molar-refractivity contribution in [1.82, 2.24) is 14.8 Å². The number of ether oxygens (including phenoxy) is 1. The molecule has 1 aromatic heterocycles. The van der Waals surface area contributed by atoms with Crippen LogP contribution < -0.4 is 4.74 Å². The lowest BCUT2D eigenvalue weighted by atomic mass is 10.1. The number of rotatable bonds is 4. The number of carbonyl (C=O) groups excluding carboxylic acids is 1. The lowest BCUT2D eigenvalue weighted by Gasteiger charge is -2.33. The third-order valence-corrected chi connectivity index (χ3v) is 5.67. The second-order valence-electron chi connectivity index (χ2n) is 7.50. The molecule has 2 fully saturated rings. The van der Waals surface area contributed by atoms with Crippen molar-refractivity contribution >= 4 is 16.8 Å². The Bertz CT molecular complexity index is 765. The van der Waals surface area contributed by atoms with Crippen LogP contribution in [0.5, 0.6) is 5.75 Å². The van der Waals surface area contributed by atoms with Gasteiger partial charge in [-0.1, -0.05) is 6.07 Å². The summed E-state index contributed by atoms with van der Waals surface area (Å²) in [5.41, 5.74) is 0.966. The topological polar surface area (TPSA) is 45.7 Å². The van der Waals surface area contributed by atoms with Gasteiger partial charge in [-0.2, -0.15) is 0 Å². The molecule has 138 valence electrons. The zero-order valence-electron chi connectivity index (χ0n) is 15.4. The summed E-state index contributed by atoms with van der Waals surface area (Å²) in [7, 11) is 0. The molecular formula is C21H27N3O2. The van der Waals surface area contributed by atoms with Crippen molar-refractivity contribution in [3.8, 4) is 5.75 Å². The number of carbonyl (C=O) groups is 1. The van der Waals surface area contributed by atoms with Gasteiger partial charge in [-0.25, -0.2) is 0 Å². The average Bonchev–Trinajstić information content (AvgIpc) is 3.10. The van der Waals surface area contributed by atoms with Crippen LogP contribution in [-0.4, -0.2) is 59.0 Å². The van der Waals surface area contributed by atoms with Gasteiger partial charge in [0.15, 0.2) is 0 Å². The van der Waals surface area contributed by atoms with E-state index in [0.717, 1.165) is 62.0 Å². The number of aromatic nitrogens is 1. The maximum absolute atomic E-state index is 12.5. The van der Waals surface area contributed by atoms with E-state index in [9.17, 15) is 4.79 Å². The molecule has 5 nitrogen and oxygen atoms in total. The molecule has 1 amide bonds. The summed E-state index contributed by atoms with van der Waals surface area (Å²) in [6.07, 6.45) is 6.21. The second-order valence-corrected chi connectivity index (χ2v) is 7.50. The number of amides is 1. The highest BCUT2D eigenvalue weighted by Gasteiger charge is 2.28. The maximum Gasteiger partial charge on any atom is 0.236 e. The number of hydrogen-bond acceptors (Lipinski definition) is 4. The molecule has 0 N–H and O–H groups in total. The zero-order chi connectivity index (χ0) is 17.9. The zero-order valence-corrected chi connectivity index (χ0v) is 15.4. The van der Waals surface area contributed by atoms with E-state index >= 15 is 0 Å². The normalized spacial score (nSPS) is 22.0. The summed E-state index contributed by atoms with van der Waals surface area (Å²) in [6, 6.07) is 10.4. The molecule has 0 spiro atoms. The van der Waals surface area contributed by atoms with E-state index in [1.165, 1.54) is 0 Å². The van der Waals surface area contributed by atoms with Gasteiger partial charge in [-0.05, 0) is 56.9 Å². The molecule has 4 rings (SSSR count). The van der Waals surface area contributed by atoms with E-state index in [2.05, 4.69) is 22.9 Å². The molecule has 0 bridgehead atoms. The van der Waals surface area contributed by atoms with Crippen molar-refractivity contribution in [2.45, 2.75) is 44.8 Å². The third kappa shape index (κ3) is 3.68. The molecule has 2 saturated heterocycles. The molecule has 5 heteroatoms. The van der Waals surface area contributed by atoms with Crippen LogP contribution in [-0.2, 0) is 4.79 Å². The minimum Gasteiger partial charge on any atom is -0.490 e. The first-order valence-electron chi connectivity index (χ1n) is 9.73. The Morgan fingerprint density at radius 2 is 2.00 bits per heavy atom. The Labute approximate surface area is 154 Å². The number of pyridine rings is 1. The van der Waals surface area contributed by atoms with E-state index in [0.29, 0.717) is 12.6 Å². The summed E-state index contributed by atoms with van der Waals surface area (Å²) in [5, 5.41) is 1.07. The lowest BCUT2D eigenvalue weighted by Crippen LogP contribution is -2.45. The van der Waals surface area contributed by atoms with Crippen molar-refractivity contribution < 1.29 is 9.53 Å². The fourth-order valence-electron chi connectivity index (χ4n) is 4.13. The van der Waals surface area contributed by atoms with Crippen LogP contribution in [0.1, 0.15) is 32.6 Å². The summed E-state index contributed by atoms with van der Waals surface area (Å²) in [5.74, 6) is 1.20. The van der Waals surface area contributed by atoms with Crippen molar-refractivity contribution in [3.63, 3.8) is 0 Å². The van der Waals surface area contributed by atoms with Gasteiger partial charge in [0, 0.05) is 37.3 Å². The number of piperidine rings is 1. The van der Waals surface area contributed by atoms with Gasteiger partial charge < -0.3 is 9.64 Å². The highest BCUT2D eigenvalue weighted by atomic mass is 16.5. The van der Waals surface area contributed by atoms with Gasteiger partial charge >= 0.3 is 0 Å². The maximum atomic E-state index is 12.5. The van der Waals surface area contributed by atoms with Crippen LogP contribution in [0.4, 0.5) is 0 Å². The summed E-state index contributed by atoms with van der Waals surface area (Å²) < 4.78 is 6.28. The van der Waals surface area contributed by atoms with Crippen molar-refractivity contribution in [3.05, 3.63) is 36.5 Å². The predicted octanol–water partition coefficient (Wildman–Crippen LogP) is 3.09. The van der Waals surface area contributed by atoms with Crippen LogP contribution in [0.2, 0.25) is 0 Å². The molecule has 2 aliphatic heterocycles. The minimum atomic E-state index is 0.206. The lowest BCUT2D eigenvalue weighted by molar-refractivity contribution is -0.133. The molecule has 0 saturated carbocycles. The first kappa shape index (κ1) is 17.3. The van der Waals surface area contributed by atoms with Gasteiger partial charge in [0.2, 0.25) is 5.91 Å². The molecule has 1 aromatic carbocycles. The number of benzene rings is 1. The highest BCUT2D eigenvalue weighted by molar-refractivity contribution is 5.84. The number of nitrogens with zero attached hydrogens (tertiary/aromatic N) is 3. The van der Waals surface area contributed by atoms with Gasteiger partial charge in [-0.15, -0.1) is 0 Å². The quantitative estimate of drug-likeness (QED) is 0.847. The number of fused-ring (bicyclic) bond motifs is 1. The molecule has 2 aliphatic rings. The Hall–Kier alpha value is -2.14. The molecule has 0 aliphatic carbocycles. The van der Waals surface area contributed by atoms with E-state index in [1.54, 1.807) is 0 Å². The Morgan fingerprint density at radius 3 is 2.77 bits per heavy atom. The van der Waals surface area contributed by atoms with Crippen molar-refractivity contribution in [1.29, 1.82) is 0 Å². The number of likely N-dealkylation sites (tertiary alicyclic amines) is 2. The smallest absolute Gasteiger partial charge is 0.236 e. The van der Waals surface area contributed by atoms with Crippen LogP contribution >= 0.6 is 0 Å². The monoisotopic (exact) mass is 353 g/mol. The average molecular weight is 353 g/mol. The van der Waals surface area contributed by atoms with Crippen LogP contribution in [0.3, 0.4) is 0 Å². The van der Waals surface area contributed by atoms with Gasteiger partial charge in [0.1, 0.15) is 11.9 Å². The van der Waals surface area contributed by atoms with Crippen molar-refractivity contribution in [2.75, 3.05) is 26.2 Å². The standard InChI is InChI=1S/C21H27N3O2/c1-16-5-4-12-24(16)21(25)15-23-13-9-17(10-14-23)26-20-8-2-7-19-18(20)6-3-11-22-19/h2-3,6-8,11,16-17H,4-5,9-10,12-15H2,1H3/t16-/m1/s1. The molecule has 0 unspecified atom stereocenters. The summed E-state index contributed by atoms with van der Waals surface area (Å²) >= 11 is 0. The van der Waals surface area contributed by atoms with E-state index in [1.807, 2.05) is 35.4 Å². The molecular weight excluding hydrogens is 326 g/mol. The van der Waals surface area contributed by atoms with Gasteiger partial charge in [-0.3, -0.25) is 14.7 Å². The second kappa shape index (κ2) is 7.62. The molecule has 2 aromatic rings. The molecule has 1 atom stereocenters. The largest absolute Gasteiger partial charge is 0.490 e. The Balaban J connectivity index is 1.31. The third-order valence-electron chi connectivity index (χ3n) is 5.67. The minimum absolute atomic E-state index is 0.206. The first-order chi connectivity index (χ1) is 12.7. The van der Waals surface area contributed by atoms with E-state index in [4.69, 9.17) is 4.74 Å². The van der Waals surface area contributed by atoms with Crippen molar-refractivity contribution in [2.24, 2.45) is 0 Å². The predicted molar refractivity (Wildman–Crippen MR) is 102 cm³/mol. The fourth-order valence-corrected chi connectivity index (χ4v) is 4.13. The molecule has 26 heavy (non-hydrogen) atoms. The van der Waals surface area contributed by atoms with Crippen LogP contribution in [0.25, 0.3) is 10.9 Å². The first-order valence-corrected chi connectivity index (χ1v) is 9.73. The molecule has 0 radical (unpaired) electrons. The van der Waals surface area contributed by atoms with Crippen LogP contribution in [0.15, 0.2) is 36.5 Å². The summed E-state index contributed by atoms with van der Waals surface area (Å²) in [6.45, 7) is 5.47. The highest BCUT2D eigenvalue weighted by Crippen LogP contribution is 2.27. The van der Waals surface area contributed by atoms with Gasteiger partial charge in [0.05, 0.1) is 12.1 Å².